The largest absolute Gasteiger partial charge is 0.381 e. The maximum atomic E-state index is 6.20. The van der Waals surface area contributed by atoms with E-state index in [1.165, 1.54) is 0 Å². The van der Waals surface area contributed by atoms with E-state index in [2.05, 4.69) is 25.9 Å². The van der Waals surface area contributed by atoms with Crippen molar-refractivity contribution in [3.8, 4) is 0 Å². The smallest absolute Gasteiger partial charge is 0.150 e. The molecule has 1 aliphatic heterocycles. The van der Waals surface area contributed by atoms with Crippen molar-refractivity contribution in [3.63, 3.8) is 0 Å². The molecule has 0 saturated carbocycles. The molecule has 1 aliphatic rings. The molecule has 19 heavy (non-hydrogen) atoms. The van der Waals surface area contributed by atoms with Gasteiger partial charge in [-0.1, -0.05) is 25.4 Å². The first-order valence-electron chi connectivity index (χ1n) is 6.43. The number of aromatic nitrogens is 2. The number of hydrogen-bond acceptors (Lipinski definition) is 4. The minimum Gasteiger partial charge on any atom is -0.381 e. The Bertz CT molecular complexity index is 555. The average Bonchev–Trinajstić information content (AvgIpc) is 2.84. The lowest BCUT2D eigenvalue weighted by Crippen LogP contribution is -2.16. The number of hydrogen-bond donors (Lipinski definition) is 0. The highest BCUT2D eigenvalue weighted by atomic mass is 79.9. The molecule has 104 valence electrons. The van der Waals surface area contributed by atoms with Crippen molar-refractivity contribution in [3.05, 3.63) is 20.8 Å². The van der Waals surface area contributed by atoms with Crippen LogP contribution in [-0.2, 0) is 4.74 Å². The third-order valence-electron chi connectivity index (χ3n) is 2.93. The van der Waals surface area contributed by atoms with Gasteiger partial charge in [0.2, 0.25) is 0 Å². The molecule has 3 nitrogen and oxygen atoms in total. The fraction of sp³-hybridized carbons (Fsp3) is 0.538. The second-order valence-electron chi connectivity index (χ2n) is 4.02. The third kappa shape index (κ3) is 3.27. The Balaban J connectivity index is 0.000000637. The molecular weight excluding hydrogens is 348 g/mol. The zero-order valence-electron chi connectivity index (χ0n) is 10.9. The second-order valence-corrected chi connectivity index (χ2v) is 6.11. The van der Waals surface area contributed by atoms with Gasteiger partial charge in [0, 0.05) is 24.5 Å². The summed E-state index contributed by atoms with van der Waals surface area (Å²) in [6.07, 6.45) is 1.95. The number of thiophene rings is 1. The second kappa shape index (κ2) is 6.97. The predicted molar refractivity (Wildman–Crippen MR) is 84.3 cm³/mol. The van der Waals surface area contributed by atoms with E-state index in [9.17, 15) is 0 Å². The van der Waals surface area contributed by atoms with Crippen molar-refractivity contribution >= 4 is 49.1 Å². The van der Waals surface area contributed by atoms with Gasteiger partial charge in [0.15, 0.2) is 5.15 Å². The topological polar surface area (TPSA) is 35.0 Å². The van der Waals surface area contributed by atoms with E-state index < -0.39 is 0 Å². The van der Waals surface area contributed by atoms with Crippen molar-refractivity contribution in [1.29, 1.82) is 0 Å². The van der Waals surface area contributed by atoms with E-state index in [-0.39, 0.29) is 0 Å². The molecule has 0 atom stereocenters. The summed E-state index contributed by atoms with van der Waals surface area (Å²) in [5.74, 6) is 1.22. The minimum absolute atomic E-state index is 0.373. The van der Waals surface area contributed by atoms with Crippen LogP contribution >= 0.6 is 38.9 Å². The molecule has 0 radical (unpaired) electrons. The summed E-state index contributed by atoms with van der Waals surface area (Å²) in [5, 5.41) is 2.56. The van der Waals surface area contributed by atoms with E-state index in [1.54, 1.807) is 11.3 Å². The summed E-state index contributed by atoms with van der Waals surface area (Å²) in [5.41, 5.74) is 0.927. The predicted octanol–water partition coefficient (Wildman–Crippen LogP) is 5.03. The van der Waals surface area contributed by atoms with E-state index >= 15 is 0 Å². The third-order valence-corrected chi connectivity index (χ3v) is 5.20. The Hall–Kier alpha value is -0.230. The maximum Gasteiger partial charge on any atom is 0.150 e. The molecular formula is C13H16BrClN2OS. The summed E-state index contributed by atoms with van der Waals surface area (Å²) in [7, 11) is 0. The van der Waals surface area contributed by atoms with Gasteiger partial charge < -0.3 is 4.74 Å². The van der Waals surface area contributed by atoms with Crippen molar-refractivity contribution in [2.24, 2.45) is 0 Å². The summed E-state index contributed by atoms with van der Waals surface area (Å²) < 4.78 is 7.30. The van der Waals surface area contributed by atoms with Crippen LogP contribution in [0, 0.1) is 0 Å². The molecule has 0 bridgehead atoms. The Morgan fingerprint density at radius 2 is 2.00 bits per heavy atom. The van der Waals surface area contributed by atoms with E-state index in [4.69, 9.17) is 16.3 Å². The fourth-order valence-electron chi connectivity index (χ4n) is 2.01. The van der Waals surface area contributed by atoms with Crippen molar-refractivity contribution in [1.82, 2.24) is 9.97 Å². The lowest BCUT2D eigenvalue weighted by atomic mass is 9.99. The molecule has 3 rings (SSSR count). The van der Waals surface area contributed by atoms with Crippen LogP contribution < -0.4 is 0 Å². The van der Waals surface area contributed by atoms with E-state index in [1.807, 2.05) is 19.2 Å². The highest BCUT2D eigenvalue weighted by Crippen LogP contribution is 2.35. The number of fused-ring (bicyclic) bond motifs is 1. The molecule has 0 N–H and O–H groups in total. The average molecular weight is 364 g/mol. The Morgan fingerprint density at radius 1 is 1.32 bits per heavy atom. The molecule has 1 fully saturated rings. The molecule has 3 heterocycles. The minimum atomic E-state index is 0.373. The van der Waals surface area contributed by atoms with E-state index in [0.717, 1.165) is 46.6 Å². The van der Waals surface area contributed by atoms with Gasteiger partial charge in [0.1, 0.15) is 11.3 Å². The normalized spacial score (nSPS) is 16.2. The van der Waals surface area contributed by atoms with Gasteiger partial charge in [-0.3, -0.25) is 0 Å². The van der Waals surface area contributed by atoms with Gasteiger partial charge in [-0.05, 0) is 28.8 Å². The molecule has 6 heteroatoms. The van der Waals surface area contributed by atoms with Crippen LogP contribution in [0.4, 0.5) is 0 Å². The van der Waals surface area contributed by atoms with Crippen molar-refractivity contribution in [2.45, 2.75) is 32.6 Å². The highest BCUT2D eigenvalue weighted by molar-refractivity contribution is 9.10. The lowest BCUT2D eigenvalue weighted by molar-refractivity contribution is 0.0836. The van der Waals surface area contributed by atoms with Crippen LogP contribution in [0.1, 0.15) is 38.4 Å². The van der Waals surface area contributed by atoms with Gasteiger partial charge >= 0.3 is 0 Å². The summed E-state index contributed by atoms with van der Waals surface area (Å²) in [4.78, 5) is 9.06. The van der Waals surface area contributed by atoms with Crippen molar-refractivity contribution in [2.75, 3.05) is 13.2 Å². The molecule has 0 aromatic carbocycles. The van der Waals surface area contributed by atoms with E-state index in [0.29, 0.717) is 11.1 Å². The number of nitrogens with zero attached hydrogens (tertiary/aromatic N) is 2. The zero-order chi connectivity index (χ0) is 13.8. The molecule has 0 spiro atoms. The molecule has 2 aromatic heterocycles. The summed E-state index contributed by atoms with van der Waals surface area (Å²) >= 11 is 11.3. The summed E-state index contributed by atoms with van der Waals surface area (Å²) in [6.45, 7) is 5.57. The number of rotatable bonds is 1. The Morgan fingerprint density at radius 3 is 2.68 bits per heavy atom. The fourth-order valence-corrected chi connectivity index (χ4v) is 3.76. The van der Waals surface area contributed by atoms with Crippen LogP contribution in [0.15, 0.2) is 9.85 Å². The van der Waals surface area contributed by atoms with Crippen LogP contribution in [-0.4, -0.2) is 23.2 Å². The SMILES string of the molecule is CC.Clc1nc(C2CCOCC2)nc2c(Br)csc12. The molecule has 1 saturated heterocycles. The monoisotopic (exact) mass is 362 g/mol. The molecule has 0 amide bonds. The standard InChI is InChI=1S/C11H10BrClN2OS.C2H6/c12-7-5-17-9-8(7)14-11(15-10(9)13)6-1-3-16-4-2-6;1-2/h5-6H,1-4H2;1-2H3. The Labute approximate surface area is 130 Å². The lowest BCUT2D eigenvalue weighted by Gasteiger charge is -2.20. The van der Waals surface area contributed by atoms with Crippen LogP contribution in [0.2, 0.25) is 5.15 Å². The molecule has 0 unspecified atom stereocenters. The number of ether oxygens (including phenoxy) is 1. The Kier molecular flexibility index (Phi) is 5.57. The number of halogens is 2. The van der Waals surface area contributed by atoms with Gasteiger partial charge in [0.25, 0.3) is 0 Å². The summed E-state index contributed by atoms with van der Waals surface area (Å²) in [6, 6.07) is 0. The highest BCUT2D eigenvalue weighted by Gasteiger charge is 2.21. The zero-order valence-corrected chi connectivity index (χ0v) is 14.1. The first kappa shape index (κ1) is 15.2. The van der Waals surface area contributed by atoms with Gasteiger partial charge in [-0.2, -0.15) is 0 Å². The first-order valence-corrected chi connectivity index (χ1v) is 8.48. The quantitative estimate of drug-likeness (QED) is 0.667. The van der Waals surface area contributed by atoms with Gasteiger partial charge in [-0.15, -0.1) is 11.3 Å². The van der Waals surface area contributed by atoms with Crippen LogP contribution in [0.25, 0.3) is 10.2 Å². The van der Waals surface area contributed by atoms with Crippen molar-refractivity contribution < 1.29 is 4.74 Å². The van der Waals surface area contributed by atoms with Gasteiger partial charge in [-0.25, -0.2) is 9.97 Å². The first-order chi connectivity index (χ1) is 9.25. The van der Waals surface area contributed by atoms with Gasteiger partial charge in [0.05, 0.1) is 9.17 Å². The maximum absolute atomic E-state index is 6.20. The van der Waals surface area contributed by atoms with Crippen LogP contribution in [0.5, 0.6) is 0 Å². The molecule has 2 aromatic rings. The molecule has 0 aliphatic carbocycles. The van der Waals surface area contributed by atoms with Crippen LogP contribution in [0.3, 0.4) is 0 Å².